The fourth-order valence-corrected chi connectivity index (χ4v) is 6.92. The van der Waals surface area contributed by atoms with E-state index in [9.17, 15) is 22.0 Å². The van der Waals surface area contributed by atoms with E-state index < -0.39 is 34.6 Å². The lowest BCUT2D eigenvalue weighted by molar-refractivity contribution is 0.381. The predicted molar refractivity (Wildman–Crippen MR) is 184 cm³/mol. The van der Waals surface area contributed by atoms with Gasteiger partial charge in [0, 0.05) is 5.56 Å². The van der Waals surface area contributed by atoms with Crippen LogP contribution in [0, 0.1) is 29.1 Å². The number of hydrogen-bond donors (Lipinski definition) is 0. The molecule has 0 aliphatic carbocycles. The molecule has 48 heavy (non-hydrogen) atoms. The molecule has 1 heterocycles. The summed E-state index contributed by atoms with van der Waals surface area (Å²) >= 11 is 1.69. The molecule has 0 saturated heterocycles. The van der Waals surface area contributed by atoms with E-state index in [1.807, 2.05) is 42.5 Å². The summed E-state index contributed by atoms with van der Waals surface area (Å²) in [6, 6.07) is 43.1. The zero-order valence-electron chi connectivity index (χ0n) is 24.9. The van der Waals surface area contributed by atoms with Crippen LogP contribution in [-0.2, 0) is 0 Å². The number of benzene rings is 7. The largest absolute Gasteiger partial charge is 0.236 e. The molecule has 0 radical (unpaired) electrons. The van der Waals surface area contributed by atoms with Gasteiger partial charge in [-0.15, -0.1) is 11.3 Å². The van der Waals surface area contributed by atoms with Gasteiger partial charge in [-0.3, -0.25) is 0 Å². The highest BCUT2D eigenvalue weighted by atomic mass is 32.1. The summed E-state index contributed by atoms with van der Waals surface area (Å²) in [6.07, 6.45) is 0. The molecule has 232 valence electrons. The van der Waals surface area contributed by atoms with Crippen molar-refractivity contribution in [2.24, 2.45) is 0 Å². The number of hydrogen-bond acceptors (Lipinski definition) is 2. The van der Waals surface area contributed by atoms with Gasteiger partial charge in [0.05, 0.1) is 15.8 Å². The molecule has 7 heteroatoms. The van der Waals surface area contributed by atoms with Gasteiger partial charge in [0.1, 0.15) is 5.01 Å². The van der Waals surface area contributed by atoms with E-state index in [-0.39, 0.29) is 5.56 Å². The highest BCUT2D eigenvalue weighted by Gasteiger charge is 2.26. The number of para-hydroxylation sites is 1. The van der Waals surface area contributed by atoms with Crippen molar-refractivity contribution >= 4 is 32.3 Å². The Bertz CT molecular complexity index is 2420. The third-order valence-corrected chi connectivity index (χ3v) is 9.62. The monoisotopic (exact) mass is 655 g/mol. The van der Waals surface area contributed by atoms with E-state index in [0.29, 0.717) is 0 Å². The van der Waals surface area contributed by atoms with Crippen molar-refractivity contribution in [1.82, 2.24) is 4.98 Å². The number of fused-ring (bicyclic) bond motifs is 2. The van der Waals surface area contributed by atoms with Gasteiger partial charge in [0.15, 0.2) is 23.3 Å². The van der Waals surface area contributed by atoms with Crippen molar-refractivity contribution in [3.63, 3.8) is 0 Å². The van der Waals surface area contributed by atoms with Crippen molar-refractivity contribution in [3.8, 4) is 55.1 Å². The lowest BCUT2D eigenvalue weighted by atomic mass is 9.95. The Morgan fingerprint density at radius 2 is 0.771 bits per heavy atom. The minimum atomic E-state index is -2.18. The molecular formula is C41H22F5NS. The van der Waals surface area contributed by atoms with E-state index in [2.05, 4.69) is 66.7 Å². The van der Waals surface area contributed by atoms with Gasteiger partial charge in [-0.05, 0) is 74.0 Å². The fourth-order valence-electron chi connectivity index (χ4n) is 5.95. The maximum absolute atomic E-state index is 14.3. The molecule has 8 rings (SSSR count). The maximum atomic E-state index is 14.3. The van der Waals surface area contributed by atoms with Crippen LogP contribution in [0.25, 0.3) is 76.1 Å². The van der Waals surface area contributed by atoms with Crippen LogP contribution in [0.5, 0.6) is 0 Å². The van der Waals surface area contributed by atoms with E-state index in [0.717, 1.165) is 60.2 Å². The van der Waals surface area contributed by atoms with E-state index in [1.165, 1.54) is 16.8 Å². The van der Waals surface area contributed by atoms with Crippen LogP contribution in [-0.4, -0.2) is 4.98 Å². The highest BCUT2D eigenvalue weighted by Crippen LogP contribution is 2.35. The molecule has 7 aromatic carbocycles. The first-order valence-corrected chi connectivity index (χ1v) is 15.9. The minimum Gasteiger partial charge on any atom is -0.236 e. The first kappa shape index (κ1) is 29.7. The molecule has 8 aromatic rings. The summed E-state index contributed by atoms with van der Waals surface area (Å²) in [5, 5.41) is 3.23. The van der Waals surface area contributed by atoms with E-state index in [4.69, 9.17) is 4.98 Å². The molecule has 0 unspecified atom stereocenters. The first-order chi connectivity index (χ1) is 23.3. The average molecular weight is 656 g/mol. The van der Waals surface area contributed by atoms with Crippen LogP contribution in [0.1, 0.15) is 0 Å². The molecule has 1 nitrogen and oxygen atoms in total. The second-order valence-electron chi connectivity index (χ2n) is 11.4. The van der Waals surface area contributed by atoms with Gasteiger partial charge in [-0.2, -0.15) is 0 Å². The first-order valence-electron chi connectivity index (χ1n) is 15.1. The van der Waals surface area contributed by atoms with Crippen LogP contribution in [0.4, 0.5) is 22.0 Å². The SMILES string of the molecule is Fc1c(F)c(F)c(-c2ccc(-c3ccc(-c4ccc5cc(-c6ccc(-c7nc8ccccc8s7)cc6)ccc5c4)cc3)cc2)c(F)c1F. The van der Waals surface area contributed by atoms with Crippen LogP contribution < -0.4 is 0 Å². The normalized spacial score (nSPS) is 11.4. The lowest BCUT2D eigenvalue weighted by Gasteiger charge is -2.10. The lowest BCUT2D eigenvalue weighted by Crippen LogP contribution is -2.03. The number of halogens is 5. The third-order valence-electron chi connectivity index (χ3n) is 8.53. The summed E-state index contributed by atoms with van der Waals surface area (Å²) in [6.45, 7) is 0. The Morgan fingerprint density at radius 3 is 1.27 bits per heavy atom. The molecule has 0 bridgehead atoms. The predicted octanol–water partition coefficient (Wildman–Crippen LogP) is 12.5. The fraction of sp³-hybridized carbons (Fsp3) is 0. The number of aromatic nitrogens is 1. The van der Waals surface area contributed by atoms with Gasteiger partial charge in [0.2, 0.25) is 5.82 Å². The zero-order chi connectivity index (χ0) is 32.9. The molecule has 0 atom stereocenters. The molecule has 0 aliphatic heterocycles. The molecule has 0 N–H and O–H groups in total. The topological polar surface area (TPSA) is 12.9 Å². The molecule has 1 aromatic heterocycles. The second kappa shape index (κ2) is 11.9. The minimum absolute atomic E-state index is 0.107. The summed E-state index contributed by atoms with van der Waals surface area (Å²) in [5.74, 6) is -9.82. The van der Waals surface area contributed by atoms with Crippen molar-refractivity contribution < 1.29 is 22.0 Å². The molecule has 0 aliphatic rings. The smallest absolute Gasteiger partial charge is 0.200 e. The van der Waals surface area contributed by atoms with Crippen LogP contribution in [0.2, 0.25) is 0 Å². The van der Waals surface area contributed by atoms with Crippen molar-refractivity contribution in [1.29, 1.82) is 0 Å². The van der Waals surface area contributed by atoms with Gasteiger partial charge in [-0.1, -0.05) is 109 Å². The van der Waals surface area contributed by atoms with Gasteiger partial charge in [-0.25, -0.2) is 26.9 Å². The van der Waals surface area contributed by atoms with Crippen LogP contribution in [0.15, 0.2) is 133 Å². The van der Waals surface area contributed by atoms with Crippen LogP contribution >= 0.6 is 11.3 Å². The summed E-state index contributed by atoms with van der Waals surface area (Å²) in [4.78, 5) is 4.77. The zero-order valence-corrected chi connectivity index (χ0v) is 25.8. The Balaban J connectivity index is 1.01. The molecular weight excluding hydrogens is 634 g/mol. The van der Waals surface area contributed by atoms with Crippen molar-refractivity contribution in [2.45, 2.75) is 0 Å². The quantitative estimate of drug-likeness (QED) is 0.102. The van der Waals surface area contributed by atoms with Gasteiger partial charge in [0.25, 0.3) is 0 Å². The Morgan fingerprint density at radius 1 is 0.375 bits per heavy atom. The molecule has 0 saturated carbocycles. The van der Waals surface area contributed by atoms with E-state index >= 15 is 0 Å². The third kappa shape index (κ3) is 5.22. The number of nitrogens with zero attached hydrogens (tertiary/aromatic N) is 1. The Labute approximate surface area is 276 Å². The Kier molecular flexibility index (Phi) is 7.34. The Hall–Kier alpha value is -5.66. The highest BCUT2D eigenvalue weighted by molar-refractivity contribution is 7.21. The van der Waals surface area contributed by atoms with Gasteiger partial charge < -0.3 is 0 Å². The standard InChI is InChI=1S/C41H22F5NS/c42-36-35(37(43)39(45)40(46)38(36)44)27-13-9-24(10-14-27)23-5-7-25(8-6-23)29-17-19-32-22-30(18-20-31(32)21-29)26-11-15-28(16-12-26)41-47-33-3-1-2-4-34(33)48-41/h1-22H. The molecule has 0 amide bonds. The maximum Gasteiger partial charge on any atom is 0.200 e. The van der Waals surface area contributed by atoms with E-state index in [1.54, 1.807) is 23.5 Å². The van der Waals surface area contributed by atoms with Crippen LogP contribution in [0.3, 0.4) is 0 Å². The van der Waals surface area contributed by atoms with Crippen molar-refractivity contribution in [3.05, 3.63) is 163 Å². The summed E-state index contributed by atoms with van der Waals surface area (Å²) < 4.78 is 70.6. The summed E-state index contributed by atoms with van der Waals surface area (Å²) in [5.41, 5.74) is 6.92. The average Bonchev–Trinajstić information content (AvgIpc) is 3.58. The number of thiazole rings is 1. The number of rotatable bonds is 5. The van der Waals surface area contributed by atoms with Crippen molar-refractivity contribution in [2.75, 3.05) is 0 Å². The second-order valence-corrected chi connectivity index (χ2v) is 12.5. The summed E-state index contributed by atoms with van der Waals surface area (Å²) in [7, 11) is 0. The van der Waals surface area contributed by atoms with Gasteiger partial charge >= 0.3 is 0 Å². The molecule has 0 spiro atoms. The molecule has 0 fully saturated rings.